The van der Waals surface area contributed by atoms with Crippen LogP contribution in [0.5, 0.6) is 0 Å². The van der Waals surface area contributed by atoms with Crippen LogP contribution < -0.4 is 0 Å². The number of amides is 2. The highest BCUT2D eigenvalue weighted by Gasteiger charge is 2.48. The summed E-state index contributed by atoms with van der Waals surface area (Å²) < 4.78 is 26.9. The Balaban J connectivity index is 1.40. The molecular weight excluding hydrogens is 362 g/mol. The summed E-state index contributed by atoms with van der Waals surface area (Å²) in [7, 11) is 0. The van der Waals surface area contributed by atoms with Gasteiger partial charge in [0.25, 0.3) is 5.91 Å². The van der Waals surface area contributed by atoms with Gasteiger partial charge in [-0.25, -0.2) is 8.78 Å². The third kappa shape index (κ3) is 3.51. The maximum Gasteiger partial charge on any atom is 0.253 e. The lowest BCUT2D eigenvalue weighted by Crippen LogP contribution is -2.46. The molecule has 2 aliphatic heterocycles. The molecule has 2 fully saturated rings. The van der Waals surface area contributed by atoms with Crippen molar-refractivity contribution in [3.05, 3.63) is 71.3 Å². The molecule has 0 atom stereocenters. The Hall–Kier alpha value is -2.76. The van der Waals surface area contributed by atoms with E-state index in [-0.39, 0.29) is 18.4 Å². The average molecular weight is 384 g/mol. The van der Waals surface area contributed by atoms with Crippen LogP contribution in [0.3, 0.4) is 0 Å². The van der Waals surface area contributed by atoms with Crippen LogP contribution in [-0.4, -0.2) is 41.2 Å². The fraction of sp³-hybridized carbons (Fsp3) is 0.364. The number of benzene rings is 2. The van der Waals surface area contributed by atoms with E-state index in [1.165, 1.54) is 12.1 Å². The van der Waals surface area contributed by atoms with E-state index in [1.807, 2.05) is 18.2 Å². The van der Waals surface area contributed by atoms with E-state index >= 15 is 0 Å². The fourth-order valence-corrected chi connectivity index (χ4v) is 4.33. The van der Waals surface area contributed by atoms with Gasteiger partial charge in [-0.05, 0) is 49.1 Å². The molecule has 28 heavy (non-hydrogen) atoms. The van der Waals surface area contributed by atoms with Crippen molar-refractivity contribution in [2.75, 3.05) is 19.6 Å². The molecule has 2 aromatic carbocycles. The van der Waals surface area contributed by atoms with Crippen LogP contribution in [0.15, 0.2) is 48.5 Å². The van der Waals surface area contributed by atoms with E-state index in [0.717, 1.165) is 12.5 Å². The molecule has 0 aliphatic carbocycles. The molecule has 6 heteroatoms. The number of halogens is 2. The highest BCUT2D eigenvalue weighted by Crippen LogP contribution is 2.42. The number of carbonyl (C=O) groups excluding carboxylic acids is 2. The van der Waals surface area contributed by atoms with Crippen molar-refractivity contribution in [3.63, 3.8) is 0 Å². The average Bonchev–Trinajstić information content (AvgIpc) is 2.98. The highest BCUT2D eigenvalue weighted by molar-refractivity contribution is 5.94. The predicted octanol–water partition coefficient (Wildman–Crippen LogP) is 3.62. The smallest absolute Gasteiger partial charge is 0.253 e. The van der Waals surface area contributed by atoms with Gasteiger partial charge in [0.2, 0.25) is 5.91 Å². The topological polar surface area (TPSA) is 40.6 Å². The number of likely N-dealkylation sites (tertiary alicyclic amines) is 2. The van der Waals surface area contributed by atoms with Gasteiger partial charge in [0.15, 0.2) is 0 Å². The molecule has 2 aliphatic rings. The van der Waals surface area contributed by atoms with Crippen LogP contribution in [0, 0.1) is 17.0 Å². The largest absolute Gasteiger partial charge is 0.339 e. The zero-order valence-electron chi connectivity index (χ0n) is 15.5. The maximum atomic E-state index is 13.4. The van der Waals surface area contributed by atoms with Crippen molar-refractivity contribution >= 4 is 11.8 Å². The lowest BCUT2D eigenvalue weighted by molar-refractivity contribution is -0.138. The maximum absolute atomic E-state index is 13.4. The van der Waals surface area contributed by atoms with Gasteiger partial charge in [0, 0.05) is 37.8 Å². The second-order valence-corrected chi connectivity index (χ2v) is 7.69. The number of hydrogen-bond donors (Lipinski definition) is 0. The summed E-state index contributed by atoms with van der Waals surface area (Å²) in [4.78, 5) is 29.1. The zero-order valence-corrected chi connectivity index (χ0v) is 15.5. The minimum atomic E-state index is -0.635. The summed E-state index contributed by atoms with van der Waals surface area (Å²) in [5.41, 5.74) is 0.657. The second-order valence-electron chi connectivity index (χ2n) is 7.69. The number of piperidine rings is 1. The Morgan fingerprint density at radius 3 is 2.18 bits per heavy atom. The van der Waals surface area contributed by atoms with E-state index in [1.54, 1.807) is 21.9 Å². The van der Waals surface area contributed by atoms with Crippen molar-refractivity contribution in [2.24, 2.45) is 5.41 Å². The van der Waals surface area contributed by atoms with E-state index in [0.29, 0.717) is 43.6 Å². The quantitative estimate of drug-likeness (QED) is 0.811. The van der Waals surface area contributed by atoms with Gasteiger partial charge in [0.05, 0.1) is 5.41 Å². The van der Waals surface area contributed by atoms with Crippen molar-refractivity contribution in [1.29, 1.82) is 0 Å². The predicted molar refractivity (Wildman–Crippen MR) is 100 cm³/mol. The van der Waals surface area contributed by atoms with Gasteiger partial charge >= 0.3 is 0 Å². The Morgan fingerprint density at radius 1 is 0.929 bits per heavy atom. The van der Waals surface area contributed by atoms with Gasteiger partial charge in [-0.2, -0.15) is 0 Å². The van der Waals surface area contributed by atoms with Gasteiger partial charge in [-0.3, -0.25) is 9.59 Å². The molecule has 0 N–H and O–H groups in total. The SMILES string of the molecule is O=C(c1ccccc1)N1CCC2(CC1)CCN(Cc1cc(F)cc(F)c1)C2=O. The third-order valence-electron chi connectivity index (χ3n) is 5.93. The minimum Gasteiger partial charge on any atom is -0.339 e. The zero-order chi connectivity index (χ0) is 19.7. The molecule has 4 nitrogen and oxygen atoms in total. The molecule has 4 rings (SSSR count). The van der Waals surface area contributed by atoms with Gasteiger partial charge in [-0.15, -0.1) is 0 Å². The van der Waals surface area contributed by atoms with Gasteiger partial charge in [-0.1, -0.05) is 18.2 Å². The van der Waals surface area contributed by atoms with Crippen LogP contribution in [-0.2, 0) is 11.3 Å². The molecule has 0 aromatic heterocycles. The standard InChI is InChI=1S/C22H22F2N2O2/c23-18-12-16(13-19(24)14-18)15-26-11-8-22(21(26)28)6-9-25(10-7-22)20(27)17-4-2-1-3-5-17/h1-5,12-14H,6-11,15H2. The molecule has 0 unspecified atom stereocenters. The summed E-state index contributed by atoms with van der Waals surface area (Å²) in [6.07, 6.45) is 1.97. The summed E-state index contributed by atoms with van der Waals surface area (Å²) >= 11 is 0. The van der Waals surface area contributed by atoms with Crippen LogP contribution in [0.4, 0.5) is 8.78 Å². The van der Waals surface area contributed by atoms with E-state index in [9.17, 15) is 18.4 Å². The first-order valence-electron chi connectivity index (χ1n) is 9.56. The van der Waals surface area contributed by atoms with E-state index < -0.39 is 17.0 Å². The Labute approximate surface area is 162 Å². The Morgan fingerprint density at radius 2 is 1.54 bits per heavy atom. The number of hydrogen-bond acceptors (Lipinski definition) is 2. The summed E-state index contributed by atoms with van der Waals surface area (Å²) in [6.45, 7) is 1.87. The fourth-order valence-electron chi connectivity index (χ4n) is 4.33. The van der Waals surface area contributed by atoms with Crippen molar-refractivity contribution in [2.45, 2.75) is 25.8 Å². The van der Waals surface area contributed by atoms with E-state index in [4.69, 9.17) is 0 Å². The minimum absolute atomic E-state index is 0.00649. The molecular formula is C22H22F2N2O2. The van der Waals surface area contributed by atoms with Gasteiger partial charge < -0.3 is 9.80 Å². The van der Waals surface area contributed by atoms with Crippen molar-refractivity contribution in [3.8, 4) is 0 Å². The van der Waals surface area contributed by atoms with Crippen LogP contribution in [0.2, 0.25) is 0 Å². The number of nitrogens with zero attached hydrogens (tertiary/aromatic N) is 2. The third-order valence-corrected chi connectivity index (χ3v) is 5.93. The monoisotopic (exact) mass is 384 g/mol. The lowest BCUT2D eigenvalue weighted by Gasteiger charge is -2.38. The second kappa shape index (κ2) is 7.34. The van der Waals surface area contributed by atoms with Crippen molar-refractivity contribution < 1.29 is 18.4 Å². The molecule has 1 spiro atoms. The number of carbonyl (C=O) groups is 2. The molecule has 2 heterocycles. The summed E-state index contributed by atoms with van der Waals surface area (Å²) in [5.74, 6) is -1.25. The molecule has 2 amide bonds. The first kappa shape index (κ1) is 18.6. The molecule has 0 radical (unpaired) electrons. The normalized spacial score (nSPS) is 18.7. The lowest BCUT2D eigenvalue weighted by atomic mass is 9.77. The van der Waals surface area contributed by atoms with E-state index in [2.05, 4.69) is 0 Å². The molecule has 146 valence electrons. The van der Waals surface area contributed by atoms with Gasteiger partial charge in [0.1, 0.15) is 11.6 Å². The molecule has 2 aromatic rings. The summed E-state index contributed by atoms with van der Waals surface area (Å²) in [5, 5.41) is 0. The molecule has 0 saturated carbocycles. The molecule has 2 saturated heterocycles. The van der Waals surface area contributed by atoms with Crippen LogP contribution in [0.25, 0.3) is 0 Å². The highest BCUT2D eigenvalue weighted by atomic mass is 19.1. The number of rotatable bonds is 3. The molecule has 0 bridgehead atoms. The first-order chi connectivity index (χ1) is 13.5. The first-order valence-corrected chi connectivity index (χ1v) is 9.56. The van der Waals surface area contributed by atoms with Crippen LogP contribution in [0.1, 0.15) is 35.2 Å². The Kier molecular flexibility index (Phi) is 4.87. The van der Waals surface area contributed by atoms with Crippen molar-refractivity contribution in [1.82, 2.24) is 9.80 Å². The Bertz CT molecular complexity index is 872. The summed E-state index contributed by atoms with van der Waals surface area (Å²) in [6, 6.07) is 12.5. The van der Waals surface area contributed by atoms with Crippen LogP contribution >= 0.6 is 0 Å².